The lowest BCUT2D eigenvalue weighted by molar-refractivity contribution is 1.18. The fraction of sp³-hybridized carbons (Fsp3) is 0. The van der Waals surface area contributed by atoms with Gasteiger partial charge in [0.25, 0.3) is 0 Å². The maximum atomic E-state index is 2.40. The summed E-state index contributed by atoms with van der Waals surface area (Å²) in [5, 5.41) is 5.02. The molecule has 0 N–H and O–H groups in total. The van der Waals surface area contributed by atoms with Crippen LogP contribution in [0.1, 0.15) is 0 Å². The van der Waals surface area contributed by atoms with Gasteiger partial charge in [0.1, 0.15) is 0 Å². The van der Waals surface area contributed by atoms with Crippen molar-refractivity contribution < 1.29 is 0 Å². The number of hydrogen-bond donors (Lipinski definition) is 0. The van der Waals surface area contributed by atoms with E-state index in [0.717, 1.165) is 33.9 Å². The van der Waals surface area contributed by atoms with Gasteiger partial charge in [0.2, 0.25) is 0 Å². The zero-order chi connectivity index (χ0) is 39.8. The monoisotopic (exact) mass is 764 g/mol. The smallest absolute Gasteiger partial charge is 0.0541 e. The number of benzene rings is 10. The number of hydrogen-bond acceptors (Lipinski definition) is 1. The van der Waals surface area contributed by atoms with Crippen LogP contribution in [0.3, 0.4) is 0 Å². The Hall–Kier alpha value is -7.94. The van der Waals surface area contributed by atoms with Crippen LogP contribution in [0.2, 0.25) is 0 Å². The molecule has 0 amide bonds. The summed E-state index contributed by atoms with van der Waals surface area (Å²) in [4.78, 5) is 2.37. The Morgan fingerprint density at radius 3 is 1.50 bits per heavy atom. The van der Waals surface area contributed by atoms with Gasteiger partial charge in [-0.3, -0.25) is 0 Å². The number of anilines is 3. The van der Waals surface area contributed by atoms with Crippen LogP contribution in [-0.4, -0.2) is 4.57 Å². The van der Waals surface area contributed by atoms with Gasteiger partial charge in [0.05, 0.1) is 11.0 Å². The zero-order valence-corrected chi connectivity index (χ0v) is 33.0. The van der Waals surface area contributed by atoms with E-state index >= 15 is 0 Å². The second-order valence-corrected chi connectivity index (χ2v) is 15.3. The molecule has 10 aromatic carbocycles. The van der Waals surface area contributed by atoms with Gasteiger partial charge in [-0.25, -0.2) is 0 Å². The van der Waals surface area contributed by atoms with Gasteiger partial charge in [-0.05, 0) is 116 Å². The minimum Gasteiger partial charge on any atom is -0.310 e. The highest BCUT2D eigenvalue weighted by Crippen LogP contribution is 2.43. The zero-order valence-electron chi connectivity index (χ0n) is 33.0. The van der Waals surface area contributed by atoms with E-state index in [-0.39, 0.29) is 0 Å². The third-order valence-corrected chi connectivity index (χ3v) is 11.8. The average molecular weight is 765 g/mol. The van der Waals surface area contributed by atoms with Crippen LogP contribution < -0.4 is 4.90 Å². The SMILES string of the molecule is c1ccc(-c2ccc(-c3cc(N(c4ccccc4)c4ccc(-c5cccc6ccccc56)cc4)ccc3-c3cccc(-n4c5ccccc5c5ccccc54)c3)cc2)cc1. The third-order valence-electron chi connectivity index (χ3n) is 11.8. The molecule has 2 heteroatoms. The van der Waals surface area contributed by atoms with E-state index in [0.29, 0.717) is 0 Å². The van der Waals surface area contributed by atoms with Crippen LogP contribution in [0.25, 0.3) is 82.8 Å². The minimum atomic E-state index is 1.09. The van der Waals surface area contributed by atoms with Gasteiger partial charge >= 0.3 is 0 Å². The quantitative estimate of drug-likeness (QED) is 0.150. The summed E-state index contributed by atoms with van der Waals surface area (Å²) >= 11 is 0. The molecule has 0 bridgehead atoms. The summed E-state index contributed by atoms with van der Waals surface area (Å²) < 4.78 is 2.40. The Bertz CT molecular complexity index is 3230. The van der Waals surface area contributed by atoms with Crippen molar-refractivity contribution in [1.82, 2.24) is 4.57 Å². The standard InChI is InChI=1S/C58H40N2/c1-3-15-41(16-4-1)42-29-31-45(32-30-42)56-40-50(37-38-53(56)46-19-13-22-49(39-46)60-57-27-11-9-24-54(57)55-25-10-12-28-58(55)60)59(47-20-5-2-6-21-47)48-35-33-44(34-36-48)52-26-14-18-43-17-7-8-23-51(43)52/h1-40H. The molecule has 1 aromatic heterocycles. The van der Waals surface area contributed by atoms with E-state index in [4.69, 9.17) is 0 Å². The molecule has 11 rings (SSSR count). The van der Waals surface area contributed by atoms with Crippen LogP contribution in [0.5, 0.6) is 0 Å². The van der Waals surface area contributed by atoms with E-state index in [9.17, 15) is 0 Å². The lowest BCUT2D eigenvalue weighted by Gasteiger charge is -2.27. The molecule has 0 radical (unpaired) electrons. The molecule has 0 aliphatic rings. The Labute approximate surface area is 350 Å². The molecule has 0 aliphatic carbocycles. The molecular formula is C58H40N2. The Balaban J connectivity index is 1.06. The van der Waals surface area contributed by atoms with Crippen LogP contribution in [0.15, 0.2) is 243 Å². The summed E-state index contributed by atoms with van der Waals surface area (Å²) in [5.41, 5.74) is 16.3. The van der Waals surface area contributed by atoms with Crippen molar-refractivity contribution in [1.29, 1.82) is 0 Å². The van der Waals surface area contributed by atoms with E-state index in [1.807, 2.05) is 0 Å². The van der Waals surface area contributed by atoms with Gasteiger partial charge in [-0.2, -0.15) is 0 Å². The van der Waals surface area contributed by atoms with Crippen LogP contribution in [-0.2, 0) is 0 Å². The maximum Gasteiger partial charge on any atom is 0.0541 e. The molecule has 11 aromatic rings. The molecule has 0 unspecified atom stereocenters. The van der Waals surface area contributed by atoms with Crippen LogP contribution >= 0.6 is 0 Å². The number of para-hydroxylation sites is 3. The normalized spacial score (nSPS) is 11.3. The number of rotatable bonds is 8. The Kier molecular flexibility index (Phi) is 8.87. The maximum absolute atomic E-state index is 2.40. The molecule has 0 spiro atoms. The molecule has 0 aliphatic heterocycles. The topological polar surface area (TPSA) is 8.17 Å². The van der Waals surface area contributed by atoms with E-state index in [1.165, 1.54) is 66.0 Å². The summed E-state index contributed by atoms with van der Waals surface area (Å²) in [5.74, 6) is 0. The lowest BCUT2D eigenvalue weighted by atomic mass is 9.92. The number of aromatic nitrogens is 1. The summed E-state index contributed by atoms with van der Waals surface area (Å²) in [7, 11) is 0. The van der Waals surface area contributed by atoms with Gasteiger partial charge in [0, 0.05) is 33.5 Å². The molecule has 0 fully saturated rings. The average Bonchev–Trinajstić information content (AvgIpc) is 3.67. The van der Waals surface area contributed by atoms with Gasteiger partial charge in [0.15, 0.2) is 0 Å². The largest absolute Gasteiger partial charge is 0.310 e. The van der Waals surface area contributed by atoms with Crippen molar-refractivity contribution in [2.75, 3.05) is 4.90 Å². The van der Waals surface area contributed by atoms with Crippen LogP contribution in [0.4, 0.5) is 17.1 Å². The van der Waals surface area contributed by atoms with E-state index in [1.54, 1.807) is 0 Å². The first-order chi connectivity index (χ1) is 29.8. The van der Waals surface area contributed by atoms with Crippen molar-refractivity contribution in [2.24, 2.45) is 0 Å². The second kappa shape index (κ2) is 15.1. The molecule has 0 atom stereocenters. The summed E-state index contributed by atoms with van der Waals surface area (Å²) in [6.45, 7) is 0. The van der Waals surface area contributed by atoms with Crippen LogP contribution in [0, 0.1) is 0 Å². The minimum absolute atomic E-state index is 1.09. The predicted octanol–water partition coefficient (Wildman–Crippen LogP) is 16.1. The molecular weight excluding hydrogens is 725 g/mol. The lowest BCUT2D eigenvalue weighted by Crippen LogP contribution is -2.10. The second-order valence-electron chi connectivity index (χ2n) is 15.3. The third kappa shape index (κ3) is 6.32. The highest BCUT2D eigenvalue weighted by atomic mass is 15.1. The van der Waals surface area contributed by atoms with Gasteiger partial charge in [-0.1, -0.05) is 182 Å². The predicted molar refractivity (Wildman–Crippen MR) is 255 cm³/mol. The highest BCUT2D eigenvalue weighted by molar-refractivity contribution is 6.09. The molecule has 0 saturated carbocycles. The van der Waals surface area contributed by atoms with E-state index in [2.05, 4.69) is 252 Å². The number of nitrogens with zero attached hydrogens (tertiary/aromatic N) is 2. The Morgan fingerprint density at radius 2 is 0.767 bits per heavy atom. The number of fused-ring (bicyclic) bond motifs is 4. The van der Waals surface area contributed by atoms with Crippen molar-refractivity contribution in [2.45, 2.75) is 0 Å². The van der Waals surface area contributed by atoms with Crippen molar-refractivity contribution in [3.8, 4) is 50.2 Å². The van der Waals surface area contributed by atoms with Crippen molar-refractivity contribution in [3.63, 3.8) is 0 Å². The first kappa shape index (κ1) is 35.2. The Morgan fingerprint density at radius 1 is 0.267 bits per heavy atom. The van der Waals surface area contributed by atoms with Crippen molar-refractivity contribution in [3.05, 3.63) is 243 Å². The highest BCUT2D eigenvalue weighted by Gasteiger charge is 2.18. The summed E-state index contributed by atoms with van der Waals surface area (Å²) in [6, 6.07) is 87.9. The fourth-order valence-corrected chi connectivity index (χ4v) is 8.94. The fourth-order valence-electron chi connectivity index (χ4n) is 8.94. The first-order valence-electron chi connectivity index (χ1n) is 20.6. The molecule has 60 heavy (non-hydrogen) atoms. The molecule has 282 valence electrons. The van der Waals surface area contributed by atoms with E-state index < -0.39 is 0 Å². The molecule has 2 nitrogen and oxygen atoms in total. The van der Waals surface area contributed by atoms with Gasteiger partial charge < -0.3 is 9.47 Å². The summed E-state index contributed by atoms with van der Waals surface area (Å²) in [6.07, 6.45) is 0. The first-order valence-corrected chi connectivity index (χ1v) is 20.6. The van der Waals surface area contributed by atoms with Crippen molar-refractivity contribution >= 4 is 49.6 Å². The molecule has 1 heterocycles. The molecule has 0 saturated heterocycles. The van der Waals surface area contributed by atoms with Gasteiger partial charge in [-0.15, -0.1) is 0 Å².